The van der Waals surface area contributed by atoms with E-state index in [0.717, 1.165) is 16.8 Å². The Morgan fingerprint density at radius 3 is 2.56 bits per heavy atom. The van der Waals surface area contributed by atoms with Crippen LogP contribution in [0.3, 0.4) is 0 Å². The van der Waals surface area contributed by atoms with Crippen molar-refractivity contribution >= 4 is 23.2 Å². The van der Waals surface area contributed by atoms with Gasteiger partial charge in [0.05, 0.1) is 20.1 Å². The molecule has 1 heterocycles. The lowest BCUT2D eigenvalue weighted by Crippen LogP contribution is -2.28. The molecule has 6 heteroatoms. The van der Waals surface area contributed by atoms with Gasteiger partial charge in [0.2, 0.25) is 11.8 Å². The number of rotatable bonds is 5. The van der Waals surface area contributed by atoms with Crippen molar-refractivity contribution in [3.8, 4) is 11.5 Å². The Balaban J connectivity index is 1.75. The quantitative estimate of drug-likeness (QED) is 0.879. The third-order valence-electron chi connectivity index (χ3n) is 5.04. The summed E-state index contributed by atoms with van der Waals surface area (Å²) in [6.07, 6.45) is 0.186. The molecular weight excluding hydrogens is 344 g/mol. The van der Waals surface area contributed by atoms with E-state index in [2.05, 4.69) is 5.32 Å². The first-order valence-corrected chi connectivity index (χ1v) is 8.84. The molecular formula is C21H24N2O4. The van der Waals surface area contributed by atoms with Gasteiger partial charge in [-0.25, -0.2) is 0 Å². The van der Waals surface area contributed by atoms with Crippen molar-refractivity contribution in [2.45, 2.75) is 20.3 Å². The van der Waals surface area contributed by atoms with E-state index in [4.69, 9.17) is 9.47 Å². The van der Waals surface area contributed by atoms with E-state index in [9.17, 15) is 9.59 Å². The van der Waals surface area contributed by atoms with Gasteiger partial charge < -0.3 is 19.7 Å². The molecule has 1 atom stereocenters. The number of nitrogens with one attached hydrogen (secondary N) is 1. The van der Waals surface area contributed by atoms with Gasteiger partial charge >= 0.3 is 0 Å². The number of hydrogen-bond donors (Lipinski definition) is 1. The zero-order valence-corrected chi connectivity index (χ0v) is 16.0. The van der Waals surface area contributed by atoms with E-state index in [0.29, 0.717) is 23.7 Å². The molecule has 0 saturated carbocycles. The summed E-state index contributed by atoms with van der Waals surface area (Å²) in [6.45, 7) is 4.31. The topological polar surface area (TPSA) is 67.9 Å². The van der Waals surface area contributed by atoms with Crippen LogP contribution in [0.25, 0.3) is 0 Å². The minimum atomic E-state index is -0.398. The number of ether oxygens (including phenoxy) is 2. The Morgan fingerprint density at radius 2 is 1.85 bits per heavy atom. The second-order valence-corrected chi connectivity index (χ2v) is 6.68. The highest BCUT2D eigenvalue weighted by Crippen LogP contribution is 2.34. The maximum Gasteiger partial charge on any atom is 0.229 e. The predicted octanol–water partition coefficient (Wildman–Crippen LogP) is 3.31. The van der Waals surface area contributed by atoms with Gasteiger partial charge in [-0.15, -0.1) is 0 Å². The monoisotopic (exact) mass is 368 g/mol. The molecule has 1 aliphatic heterocycles. The third kappa shape index (κ3) is 3.74. The summed E-state index contributed by atoms with van der Waals surface area (Å²) >= 11 is 0. The molecule has 142 valence electrons. The minimum absolute atomic E-state index is 0.0802. The lowest BCUT2D eigenvalue weighted by molar-refractivity contribution is -0.122. The number of amides is 2. The summed E-state index contributed by atoms with van der Waals surface area (Å²) in [6, 6.07) is 11.1. The summed E-state index contributed by atoms with van der Waals surface area (Å²) in [4.78, 5) is 26.8. The number of carbonyl (C=O) groups excluding carboxylic acids is 2. The molecule has 0 aromatic heterocycles. The number of nitrogens with zero attached hydrogens (tertiary/aromatic N) is 1. The maximum absolute atomic E-state index is 12.7. The highest BCUT2D eigenvalue weighted by Gasteiger charge is 2.35. The Morgan fingerprint density at radius 1 is 1.11 bits per heavy atom. The van der Waals surface area contributed by atoms with Gasteiger partial charge in [0.25, 0.3) is 0 Å². The van der Waals surface area contributed by atoms with Crippen molar-refractivity contribution in [1.29, 1.82) is 0 Å². The van der Waals surface area contributed by atoms with Crippen LogP contribution in [0.4, 0.5) is 11.4 Å². The normalized spacial score (nSPS) is 16.4. The fraction of sp³-hybridized carbons (Fsp3) is 0.333. The van der Waals surface area contributed by atoms with Crippen LogP contribution in [0.1, 0.15) is 17.5 Å². The van der Waals surface area contributed by atoms with E-state index in [1.54, 1.807) is 37.3 Å². The molecule has 3 rings (SSSR count). The number of aryl methyl sites for hydroxylation is 1. The smallest absolute Gasteiger partial charge is 0.229 e. The Kier molecular flexibility index (Phi) is 5.35. The number of anilines is 2. The molecule has 0 spiro atoms. The molecule has 1 fully saturated rings. The number of methoxy groups -OCH3 is 2. The van der Waals surface area contributed by atoms with Gasteiger partial charge in [-0.05, 0) is 43.2 Å². The fourth-order valence-corrected chi connectivity index (χ4v) is 3.25. The Labute approximate surface area is 159 Å². The van der Waals surface area contributed by atoms with Crippen molar-refractivity contribution in [1.82, 2.24) is 0 Å². The van der Waals surface area contributed by atoms with Gasteiger partial charge in [-0.3, -0.25) is 9.59 Å². The molecule has 1 saturated heterocycles. The van der Waals surface area contributed by atoms with Crippen LogP contribution in [-0.4, -0.2) is 32.6 Å². The second kappa shape index (κ2) is 7.70. The van der Waals surface area contributed by atoms with E-state index in [-0.39, 0.29) is 18.2 Å². The fourth-order valence-electron chi connectivity index (χ4n) is 3.25. The van der Waals surface area contributed by atoms with Crippen molar-refractivity contribution in [2.24, 2.45) is 5.92 Å². The van der Waals surface area contributed by atoms with Crippen molar-refractivity contribution < 1.29 is 19.1 Å². The molecule has 27 heavy (non-hydrogen) atoms. The lowest BCUT2D eigenvalue weighted by Gasteiger charge is -2.19. The summed E-state index contributed by atoms with van der Waals surface area (Å²) < 4.78 is 10.5. The summed E-state index contributed by atoms with van der Waals surface area (Å²) in [5, 5.41) is 2.96. The van der Waals surface area contributed by atoms with Gasteiger partial charge in [0.15, 0.2) is 11.5 Å². The number of hydrogen-bond acceptors (Lipinski definition) is 4. The molecule has 1 unspecified atom stereocenters. The van der Waals surface area contributed by atoms with Gasteiger partial charge in [0, 0.05) is 30.4 Å². The van der Waals surface area contributed by atoms with Crippen LogP contribution in [-0.2, 0) is 9.59 Å². The summed E-state index contributed by atoms with van der Waals surface area (Å²) in [5.74, 6) is 0.525. The highest BCUT2D eigenvalue weighted by atomic mass is 16.5. The predicted molar refractivity (Wildman–Crippen MR) is 105 cm³/mol. The van der Waals surface area contributed by atoms with E-state index >= 15 is 0 Å². The SMILES string of the molecule is COc1ccc(N2CC(C(=O)Nc3cccc(C)c3C)CC2=O)cc1OC. The van der Waals surface area contributed by atoms with Crippen molar-refractivity contribution in [3.05, 3.63) is 47.5 Å². The molecule has 1 aliphatic rings. The summed E-state index contributed by atoms with van der Waals surface area (Å²) in [5.41, 5.74) is 3.63. The Bertz CT molecular complexity index is 878. The van der Waals surface area contributed by atoms with Crippen LogP contribution < -0.4 is 19.7 Å². The van der Waals surface area contributed by atoms with Gasteiger partial charge in [-0.2, -0.15) is 0 Å². The molecule has 1 N–H and O–H groups in total. The van der Waals surface area contributed by atoms with E-state index in [1.807, 2.05) is 32.0 Å². The highest BCUT2D eigenvalue weighted by molar-refractivity contribution is 6.03. The Hall–Kier alpha value is -3.02. The third-order valence-corrected chi connectivity index (χ3v) is 5.04. The molecule has 0 bridgehead atoms. The molecule has 2 aromatic rings. The average molecular weight is 368 g/mol. The van der Waals surface area contributed by atoms with Crippen LogP contribution >= 0.6 is 0 Å². The van der Waals surface area contributed by atoms with Gasteiger partial charge in [-0.1, -0.05) is 12.1 Å². The van der Waals surface area contributed by atoms with Crippen molar-refractivity contribution in [3.63, 3.8) is 0 Å². The maximum atomic E-state index is 12.7. The lowest BCUT2D eigenvalue weighted by atomic mass is 10.1. The van der Waals surface area contributed by atoms with E-state index < -0.39 is 5.92 Å². The number of benzene rings is 2. The van der Waals surface area contributed by atoms with Gasteiger partial charge in [0.1, 0.15) is 0 Å². The first-order chi connectivity index (χ1) is 12.9. The zero-order chi connectivity index (χ0) is 19.6. The van der Waals surface area contributed by atoms with Crippen LogP contribution in [0.2, 0.25) is 0 Å². The van der Waals surface area contributed by atoms with Crippen molar-refractivity contribution in [2.75, 3.05) is 31.0 Å². The summed E-state index contributed by atoms with van der Waals surface area (Å²) in [7, 11) is 3.11. The molecule has 0 radical (unpaired) electrons. The van der Waals surface area contributed by atoms with E-state index in [1.165, 1.54) is 0 Å². The average Bonchev–Trinajstić information content (AvgIpc) is 3.06. The minimum Gasteiger partial charge on any atom is -0.493 e. The van der Waals surface area contributed by atoms with Crippen LogP contribution in [0.15, 0.2) is 36.4 Å². The van der Waals surface area contributed by atoms with Crippen LogP contribution in [0.5, 0.6) is 11.5 Å². The molecule has 2 amide bonds. The standard InChI is InChI=1S/C21H24N2O4/c1-13-6-5-7-17(14(13)2)22-21(25)15-10-20(24)23(12-15)16-8-9-18(26-3)19(11-16)27-4/h5-9,11,15H,10,12H2,1-4H3,(H,22,25). The first-order valence-electron chi connectivity index (χ1n) is 8.84. The van der Waals surface area contributed by atoms with Crippen LogP contribution in [0, 0.1) is 19.8 Å². The number of carbonyl (C=O) groups is 2. The first kappa shape index (κ1) is 18.8. The largest absolute Gasteiger partial charge is 0.493 e. The molecule has 2 aromatic carbocycles. The second-order valence-electron chi connectivity index (χ2n) is 6.68. The molecule has 0 aliphatic carbocycles. The zero-order valence-electron chi connectivity index (χ0n) is 16.0. The molecule has 6 nitrogen and oxygen atoms in total.